The van der Waals surface area contributed by atoms with Crippen molar-refractivity contribution in [2.24, 2.45) is 5.73 Å². The second kappa shape index (κ2) is 6.93. The summed E-state index contributed by atoms with van der Waals surface area (Å²) in [6.07, 6.45) is 2.21. The van der Waals surface area contributed by atoms with Crippen LogP contribution in [-0.2, 0) is 9.53 Å². The minimum absolute atomic E-state index is 0.322. The van der Waals surface area contributed by atoms with Gasteiger partial charge in [-0.25, -0.2) is 0 Å². The van der Waals surface area contributed by atoms with Gasteiger partial charge in [-0.1, -0.05) is 6.92 Å². The number of rotatable bonds is 4. The standard InChI is InChI=1S/C12H25N3O2/c1-4-10-8-14(2)6-5-7-15(10)9-11(13)12(16)17-3/h10-11H,4-9,13H2,1-3H3. The highest BCUT2D eigenvalue weighted by molar-refractivity contribution is 5.75. The third-order valence-corrected chi connectivity index (χ3v) is 3.43. The van der Waals surface area contributed by atoms with Crippen LogP contribution in [0.15, 0.2) is 0 Å². The molecule has 0 aromatic heterocycles. The maximum Gasteiger partial charge on any atom is 0.323 e. The van der Waals surface area contributed by atoms with Crippen LogP contribution in [0.4, 0.5) is 0 Å². The van der Waals surface area contributed by atoms with Gasteiger partial charge >= 0.3 is 5.97 Å². The largest absolute Gasteiger partial charge is 0.468 e. The fourth-order valence-corrected chi connectivity index (χ4v) is 2.40. The van der Waals surface area contributed by atoms with Crippen LogP contribution in [0.5, 0.6) is 0 Å². The number of nitrogens with zero attached hydrogens (tertiary/aromatic N) is 2. The lowest BCUT2D eigenvalue weighted by molar-refractivity contribution is -0.142. The van der Waals surface area contributed by atoms with Gasteiger partial charge in [0.25, 0.3) is 0 Å². The molecule has 0 aliphatic carbocycles. The Morgan fingerprint density at radius 3 is 2.82 bits per heavy atom. The van der Waals surface area contributed by atoms with E-state index < -0.39 is 6.04 Å². The van der Waals surface area contributed by atoms with E-state index in [-0.39, 0.29) is 5.97 Å². The molecular weight excluding hydrogens is 218 g/mol. The first-order valence-corrected chi connectivity index (χ1v) is 6.34. The minimum Gasteiger partial charge on any atom is -0.468 e. The Hall–Kier alpha value is -0.650. The Bertz CT molecular complexity index is 248. The molecule has 0 amide bonds. The first kappa shape index (κ1) is 14.4. The summed E-state index contributed by atoms with van der Waals surface area (Å²) in [7, 11) is 3.53. The summed E-state index contributed by atoms with van der Waals surface area (Å²) < 4.78 is 4.67. The van der Waals surface area contributed by atoms with Gasteiger partial charge in [-0.15, -0.1) is 0 Å². The highest BCUT2D eigenvalue weighted by Crippen LogP contribution is 2.12. The van der Waals surface area contributed by atoms with Crippen molar-refractivity contribution in [2.75, 3.05) is 40.3 Å². The number of methoxy groups -OCH3 is 1. The van der Waals surface area contributed by atoms with Crippen LogP contribution < -0.4 is 5.73 Å². The van der Waals surface area contributed by atoms with E-state index in [4.69, 9.17) is 5.73 Å². The number of hydrogen-bond acceptors (Lipinski definition) is 5. The minimum atomic E-state index is -0.530. The van der Waals surface area contributed by atoms with Crippen molar-refractivity contribution in [3.05, 3.63) is 0 Å². The van der Waals surface area contributed by atoms with Gasteiger partial charge in [-0.2, -0.15) is 0 Å². The molecule has 1 rings (SSSR count). The second-order valence-corrected chi connectivity index (χ2v) is 4.80. The predicted octanol–water partition coefficient (Wildman–Crippen LogP) is -0.0972. The number of carbonyl (C=O) groups excluding carboxylic acids is 1. The van der Waals surface area contributed by atoms with Gasteiger partial charge in [0.15, 0.2) is 0 Å². The molecule has 1 aliphatic heterocycles. The van der Waals surface area contributed by atoms with Gasteiger partial charge in [0.05, 0.1) is 7.11 Å². The van der Waals surface area contributed by atoms with Crippen LogP contribution in [0.2, 0.25) is 0 Å². The molecule has 0 radical (unpaired) electrons. The number of carbonyl (C=O) groups is 1. The van der Waals surface area contributed by atoms with E-state index in [1.807, 2.05) is 0 Å². The first-order chi connectivity index (χ1) is 8.08. The van der Waals surface area contributed by atoms with E-state index in [2.05, 4.69) is 28.5 Å². The highest BCUT2D eigenvalue weighted by Gasteiger charge is 2.25. The average Bonchev–Trinajstić information content (AvgIpc) is 2.50. The molecule has 0 bridgehead atoms. The molecule has 5 heteroatoms. The van der Waals surface area contributed by atoms with Crippen LogP contribution >= 0.6 is 0 Å². The third-order valence-electron chi connectivity index (χ3n) is 3.43. The zero-order valence-corrected chi connectivity index (χ0v) is 11.2. The summed E-state index contributed by atoms with van der Waals surface area (Å²) in [5, 5.41) is 0. The predicted molar refractivity (Wildman–Crippen MR) is 67.8 cm³/mol. The Balaban J connectivity index is 2.57. The SMILES string of the molecule is CCC1CN(C)CCCN1CC(N)C(=O)OC. The molecular formula is C12H25N3O2. The van der Waals surface area contributed by atoms with Crippen LogP contribution in [0.25, 0.3) is 0 Å². The number of nitrogens with two attached hydrogens (primary N) is 1. The van der Waals surface area contributed by atoms with Crippen molar-refractivity contribution in [3.63, 3.8) is 0 Å². The van der Waals surface area contributed by atoms with Crippen LogP contribution in [0, 0.1) is 0 Å². The molecule has 0 spiro atoms. The van der Waals surface area contributed by atoms with Crippen molar-refractivity contribution in [2.45, 2.75) is 31.8 Å². The quantitative estimate of drug-likeness (QED) is 0.699. The Morgan fingerprint density at radius 2 is 2.24 bits per heavy atom. The lowest BCUT2D eigenvalue weighted by Crippen LogP contribution is -2.48. The molecule has 0 aromatic rings. The van der Waals surface area contributed by atoms with Gasteiger partial charge in [0.2, 0.25) is 0 Å². The molecule has 2 N–H and O–H groups in total. The number of esters is 1. The number of likely N-dealkylation sites (N-methyl/N-ethyl adjacent to an activating group) is 1. The van der Waals surface area contributed by atoms with E-state index in [9.17, 15) is 4.79 Å². The first-order valence-electron chi connectivity index (χ1n) is 6.34. The van der Waals surface area contributed by atoms with Crippen LogP contribution in [0.1, 0.15) is 19.8 Å². The Labute approximate surface area is 104 Å². The molecule has 0 saturated carbocycles. The average molecular weight is 243 g/mol. The lowest BCUT2D eigenvalue weighted by atomic mass is 10.1. The number of hydrogen-bond donors (Lipinski definition) is 1. The molecule has 0 aromatic carbocycles. The molecule has 1 fully saturated rings. The second-order valence-electron chi connectivity index (χ2n) is 4.80. The fourth-order valence-electron chi connectivity index (χ4n) is 2.40. The Morgan fingerprint density at radius 1 is 1.53 bits per heavy atom. The fraction of sp³-hybridized carbons (Fsp3) is 0.917. The summed E-state index contributed by atoms with van der Waals surface area (Å²) >= 11 is 0. The third kappa shape index (κ3) is 4.26. The lowest BCUT2D eigenvalue weighted by Gasteiger charge is -2.31. The van der Waals surface area contributed by atoms with Gasteiger partial charge in [-0.05, 0) is 33.0 Å². The van der Waals surface area contributed by atoms with Gasteiger partial charge < -0.3 is 15.4 Å². The van der Waals surface area contributed by atoms with E-state index in [1.54, 1.807) is 0 Å². The monoisotopic (exact) mass is 243 g/mol. The van der Waals surface area contributed by atoms with E-state index in [0.717, 1.165) is 32.5 Å². The maximum absolute atomic E-state index is 11.3. The summed E-state index contributed by atoms with van der Waals surface area (Å²) in [6, 6.07) is -0.0457. The molecule has 2 atom stereocenters. The van der Waals surface area contributed by atoms with Gasteiger partial charge in [0.1, 0.15) is 6.04 Å². The van der Waals surface area contributed by atoms with Crippen molar-refractivity contribution >= 4 is 5.97 Å². The van der Waals surface area contributed by atoms with E-state index in [0.29, 0.717) is 12.6 Å². The normalized spacial score (nSPS) is 25.3. The highest BCUT2D eigenvalue weighted by atomic mass is 16.5. The number of ether oxygens (including phenoxy) is 1. The zero-order valence-electron chi connectivity index (χ0n) is 11.2. The van der Waals surface area contributed by atoms with Gasteiger partial charge in [-0.3, -0.25) is 9.69 Å². The summed E-state index contributed by atoms with van der Waals surface area (Å²) in [5.41, 5.74) is 5.83. The molecule has 1 aliphatic rings. The molecule has 100 valence electrons. The maximum atomic E-state index is 11.3. The van der Waals surface area contributed by atoms with Crippen LogP contribution in [-0.4, -0.2) is 68.2 Å². The van der Waals surface area contributed by atoms with Crippen molar-refractivity contribution in [1.82, 2.24) is 9.80 Å². The molecule has 5 nitrogen and oxygen atoms in total. The van der Waals surface area contributed by atoms with E-state index >= 15 is 0 Å². The summed E-state index contributed by atoms with van der Waals surface area (Å²) in [6.45, 7) is 5.94. The summed E-state index contributed by atoms with van der Waals surface area (Å²) in [5.74, 6) is -0.322. The Kier molecular flexibility index (Phi) is 5.88. The smallest absolute Gasteiger partial charge is 0.323 e. The molecule has 17 heavy (non-hydrogen) atoms. The van der Waals surface area contributed by atoms with E-state index in [1.165, 1.54) is 7.11 Å². The summed E-state index contributed by atoms with van der Waals surface area (Å²) in [4.78, 5) is 16.0. The zero-order chi connectivity index (χ0) is 12.8. The molecule has 1 saturated heterocycles. The molecule has 2 unspecified atom stereocenters. The van der Waals surface area contributed by atoms with Crippen LogP contribution in [0.3, 0.4) is 0 Å². The molecule has 1 heterocycles. The van der Waals surface area contributed by atoms with Gasteiger partial charge in [0, 0.05) is 19.1 Å². The van der Waals surface area contributed by atoms with Crippen molar-refractivity contribution in [3.8, 4) is 0 Å². The topological polar surface area (TPSA) is 58.8 Å². The van der Waals surface area contributed by atoms with Crippen molar-refractivity contribution < 1.29 is 9.53 Å². The van der Waals surface area contributed by atoms with Crippen molar-refractivity contribution in [1.29, 1.82) is 0 Å².